The number of nitrogens with zero attached hydrogens (tertiary/aromatic N) is 2. The summed E-state index contributed by atoms with van der Waals surface area (Å²) in [4.78, 5) is 18.4. The zero-order chi connectivity index (χ0) is 15.0. The van der Waals surface area contributed by atoms with Gasteiger partial charge in [-0.15, -0.1) is 0 Å². The van der Waals surface area contributed by atoms with Crippen molar-refractivity contribution in [3.05, 3.63) is 58.1 Å². The molecule has 0 N–H and O–H groups in total. The lowest BCUT2D eigenvalue weighted by atomic mass is 10.1. The summed E-state index contributed by atoms with van der Waals surface area (Å²) in [5.74, 6) is -0.506. The van der Waals surface area contributed by atoms with Crippen molar-refractivity contribution < 1.29 is 9.18 Å². The van der Waals surface area contributed by atoms with Gasteiger partial charge in [-0.25, -0.2) is 9.37 Å². The number of pyridine rings is 1. The lowest BCUT2D eigenvalue weighted by molar-refractivity contribution is 0.0989. The molecule has 5 heteroatoms. The van der Waals surface area contributed by atoms with Gasteiger partial charge < -0.3 is 4.90 Å². The highest BCUT2D eigenvalue weighted by atomic mass is 35.5. The van der Waals surface area contributed by atoms with Crippen molar-refractivity contribution in [1.82, 2.24) is 4.98 Å². The van der Waals surface area contributed by atoms with Crippen LogP contribution < -0.4 is 4.90 Å². The van der Waals surface area contributed by atoms with Gasteiger partial charge in [-0.2, -0.15) is 0 Å². The van der Waals surface area contributed by atoms with Gasteiger partial charge in [0.05, 0.1) is 5.69 Å². The molecule has 3 rings (SSSR count). The maximum atomic E-state index is 13.4. The van der Waals surface area contributed by atoms with E-state index in [4.69, 9.17) is 11.6 Å². The van der Waals surface area contributed by atoms with Crippen LogP contribution in [0.5, 0.6) is 0 Å². The van der Waals surface area contributed by atoms with Crippen LogP contribution in [-0.4, -0.2) is 17.4 Å². The fourth-order valence-corrected chi connectivity index (χ4v) is 2.80. The molecule has 2 heterocycles. The topological polar surface area (TPSA) is 33.2 Å². The van der Waals surface area contributed by atoms with E-state index in [0.717, 1.165) is 17.7 Å². The number of aromatic nitrogens is 1. The first-order valence-electron chi connectivity index (χ1n) is 6.85. The standard InChI is InChI=1S/C16H14ClFN2O/c1-2-13-7-11(8-15(17)19-13)16(21)20-6-5-10-3-4-12(18)9-14(10)20/h3-4,7-9H,2,5-6H2,1H3. The van der Waals surface area contributed by atoms with Gasteiger partial charge in [0.2, 0.25) is 0 Å². The van der Waals surface area contributed by atoms with E-state index in [1.165, 1.54) is 12.1 Å². The third-order valence-corrected chi connectivity index (χ3v) is 3.84. The molecule has 0 radical (unpaired) electrons. The number of amides is 1. The Balaban J connectivity index is 1.98. The first-order valence-corrected chi connectivity index (χ1v) is 7.23. The zero-order valence-electron chi connectivity index (χ0n) is 11.6. The van der Waals surface area contributed by atoms with Crippen LogP contribution >= 0.6 is 11.6 Å². The number of hydrogen-bond donors (Lipinski definition) is 0. The average Bonchev–Trinajstić information content (AvgIpc) is 2.88. The van der Waals surface area contributed by atoms with Crippen LogP contribution in [-0.2, 0) is 12.8 Å². The first-order chi connectivity index (χ1) is 10.1. The van der Waals surface area contributed by atoms with Crippen molar-refractivity contribution in [2.24, 2.45) is 0 Å². The Morgan fingerprint density at radius 1 is 1.38 bits per heavy atom. The highest BCUT2D eigenvalue weighted by Gasteiger charge is 2.26. The van der Waals surface area contributed by atoms with E-state index in [9.17, 15) is 9.18 Å². The smallest absolute Gasteiger partial charge is 0.258 e. The predicted molar refractivity (Wildman–Crippen MR) is 80.4 cm³/mol. The molecular formula is C16H14ClFN2O. The molecule has 0 bridgehead atoms. The molecule has 108 valence electrons. The molecule has 1 aliphatic heterocycles. The summed E-state index contributed by atoms with van der Waals surface area (Å²) in [5, 5.41) is 0.302. The molecule has 0 saturated heterocycles. The van der Waals surface area contributed by atoms with Crippen LogP contribution in [0.2, 0.25) is 5.15 Å². The van der Waals surface area contributed by atoms with E-state index in [-0.39, 0.29) is 11.7 Å². The van der Waals surface area contributed by atoms with Gasteiger partial charge in [0.1, 0.15) is 11.0 Å². The minimum Gasteiger partial charge on any atom is -0.308 e. The van der Waals surface area contributed by atoms with Gasteiger partial charge in [-0.3, -0.25) is 4.79 Å². The number of fused-ring (bicyclic) bond motifs is 1. The van der Waals surface area contributed by atoms with E-state index in [1.807, 2.05) is 6.92 Å². The lowest BCUT2D eigenvalue weighted by Crippen LogP contribution is -2.29. The predicted octanol–water partition coefficient (Wildman–Crippen LogP) is 3.64. The number of carbonyl (C=O) groups excluding carboxylic acids is 1. The first kappa shape index (κ1) is 14.0. The van der Waals surface area contributed by atoms with Crippen molar-refractivity contribution >= 4 is 23.2 Å². The number of halogens is 2. The van der Waals surface area contributed by atoms with Crippen molar-refractivity contribution in [3.63, 3.8) is 0 Å². The van der Waals surface area contributed by atoms with Gasteiger partial charge in [0.15, 0.2) is 0 Å². The highest BCUT2D eigenvalue weighted by molar-refractivity contribution is 6.30. The maximum absolute atomic E-state index is 13.4. The molecule has 1 amide bonds. The van der Waals surface area contributed by atoms with Crippen molar-refractivity contribution in [3.8, 4) is 0 Å². The Morgan fingerprint density at radius 2 is 2.19 bits per heavy atom. The van der Waals surface area contributed by atoms with E-state index in [0.29, 0.717) is 29.4 Å². The quantitative estimate of drug-likeness (QED) is 0.794. The summed E-state index contributed by atoms with van der Waals surface area (Å²) >= 11 is 5.96. The molecule has 0 fully saturated rings. The highest BCUT2D eigenvalue weighted by Crippen LogP contribution is 2.30. The van der Waals surface area contributed by atoms with E-state index < -0.39 is 0 Å². The fourth-order valence-electron chi connectivity index (χ4n) is 2.57. The lowest BCUT2D eigenvalue weighted by Gasteiger charge is -2.18. The van der Waals surface area contributed by atoms with Gasteiger partial charge in [-0.1, -0.05) is 24.6 Å². The largest absolute Gasteiger partial charge is 0.308 e. The second-order valence-corrected chi connectivity index (χ2v) is 5.39. The number of benzene rings is 1. The van der Waals surface area contributed by atoms with Crippen LogP contribution in [0.15, 0.2) is 30.3 Å². The number of rotatable bonds is 2. The van der Waals surface area contributed by atoms with Crippen LogP contribution in [0.4, 0.5) is 10.1 Å². The van der Waals surface area contributed by atoms with Crippen LogP contribution in [0.25, 0.3) is 0 Å². The molecule has 0 atom stereocenters. The van der Waals surface area contributed by atoms with E-state index in [2.05, 4.69) is 4.98 Å². The Labute approximate surface area is 127 Å². The molecule has 0 aliphatic carbocycles. The molecule has 2 aromatic rings. The Hall–Kier alpha value is -1.94. The monoisotopic (exact) mass is 304 g/mol. The molecule has 3 nitrogen and oxygen atoms in total. The maximum Gasteiger partial charge on any atom is 0.258 e. The molecule has 0 spiro atoms. The molecule has 0 saturated carbocycles. The Bertz CT molecular complexity index is 717. The zero-order valence-corrected chi connectivity index (χ0v) is 12.3. The summed E-state index contributed by atoms with van der Waals surface area (Å²) in [6, 6.07) is 7.86. The number of anilines is 1. The molecule has 21 heavy (non-hydrogen) atoms. The third-order valence-electron chi connectivity index (χ3n) is 3.64. The van der Waals surface area contributed by atoms with Gasteiger partial charge in [-0.05, 0) is 42.7 Å². The summed E-state index contributed by atoms with van der Waals surface area (Å²) in [6.07, 6.45) is 1.44. The Morgan fingerprint density at radius 3 is 2.95 bits per heavy atom. The fraction of sp³-hybridized carbons (Fsp3) is 0.250. The second-order valence-electron chi connectivity index (χ2n) is 5.00. The molecule has 1 aromatic carbocycles. The Kier molecular flexibility index (Phi) is 3.64. The van der Waals surface area contributed by atoms with Gasteiger partial charge >= 0.3 is 0 Å². The molecular weight excluding hydrogens is 291 g/mol. The summed E-state index contributed by atoms with van der Waals surface area (Å²) in [6.45, 7) is 2.51. The number of hydrogen-bond acceptors (Lipinski definition) is 2. The number of carbonyl (C=O) groups is 1. The SMILES string of the molecule is CCc1cc(C(=O)N2CCc3ccc(F)cc32)cc(Cl)n1. The number of aryl methyl sites for hydroxylation is 1. The van der Waals surface area contributed by atoms with E-state index in [1.54, 1.807) is 23.1 Å². The molecule has 0 unspecified atom stereocenters. The van der Waals surface area contributed by atoms with Crippen LogP contribution in [0, 0.1) is 5.82 Å². The van der Waals surface area contributed by atoms with Gasteiger partial charge in [0.25, 0.3) is 5.91 Å². The van der Waals surface area contributed by atoms with Crippen LogP contribution in [0.1, 0.15) is 28.5 Å². The molecule has 1 aliphatic rings. The molecule has 1 aromatic heterocycles. The summed E-state index contributed by atoms with van der Waals surface area (Å²) in [7, 11) is 0. The normalized spacial score (nSPS) is 13.4. The van der Waals surface area contributed by atoms with E-state index >= 15 is 0 Å². The summed E-state index contributed by atoms with van der Waals surface area (Å²) in [5.41, 5.74) is 2.89. The summed E-state index contributed by atoms with van der Waals surface area (Å²) < 4.78 is 13.4. The van der Waals surface area contributed by atoms with Crippen molar-refractivity contribution in [1.29, 1.82) is 0 Å². The third kappa shape index (κ3) is 2.63. The second kappa shape index (κ2) is 5.45. The minimum absolute atomic E-state index is 0.168. The minimum atomic E-state index is -0.338. The van der Waals surface area contributed by atoms with Crippen molar-refractivity contribution in [2.45, 2.75) is 19.8 Å². The van der Waals surface area contributed by atoms with Gasteiger partial charge in [0, 0.05) is 17.8 Å². The average molecular weight is 305 g/mol. The van der Waals surface area contributed by atoms with Crippen LogP contribution in [0.3, 0.4) is 0 Å². The van der Waals surface area contributed by atoms with Crippen molar-refractivity contribution in [2.75, 3.05) is 11.4 Å².